The van der Waals surface area contributed by atoms with E-state index in [1.807, 2.05) is 44.2 Å². The van der Waals surface area contributed by atoms with Gasteiger partial charge in [0.05, 0.1) is 10.9 Å². The highest BCUT2D eigenvalue weighted by Crippen LogP contribution is 2.65. The summed E-state index contributed by atoms with van der Waals surface area (Å²) in [5, 5.41) is 11.3. The van der Waals surface area contributed by atoms with Crippen molar-refractivity contribution in [2.24, 2.45) is 5.41 Å². The number of fused-ring (bicyclic) bond motifs is 1. The van der Waals surface area contributed by atoms with Crippen LogP contribution in [0.4, 0.5) is 0 Å². The smallest absolute Gasteiger partial charge is 0.246 e. The van der Waals surface area contributed by atoms with Gasteiger partial charge in [-0.1, -0.05) is 55.0 Å². The second kappa shape index (κ2) is 5.40. The molecule has 0 amide bonds. The van der Waals surface area contributed by atoms with Crippen LogP contribution < -0.4 is 0 Å². The topological polar surface area (TPSA) is 57.6 Å². The lowest BCUT2D eigenvalue weighted by molar-refractivity contribution is -0.188. The Kier molecular flexibility index (Phi) is 3.62. The summed E-state index contributed by atoms with van der Waals surface area (Å²) in [5.41, 5.74) is 0.233. The molecule has 4 rings (SSSR count). The van der Waals surface area contributed by atoms with E-state index in [0.29, 0.717) is 12.8 Å². The Hall–Kier alpha value is -1.69. The molecule has 2 aromatic rings. The van der Waals surface area contributed by atoms with E-state index in [4.69, 9.17) is 0 Å². The average molecular weight is 357 g/mol. The second-order valence-corrected chi connectivity index (χ2v) is 9.44. The minimum Gasteiger partial charge on any atom is -0.374 e. The number of aryl methyl sites for hydroxylation is 1. The summed E-state index contributed by atoms with van der Waals surface area (Å²) in [6.07, 6.45) is 1.96. The van der Waals surface area contributed by atoms with Crippen LogP contribution >= 0.6 is 0 Å². The molecular weight excluding hydrogens is 334 g/mol. The van der Waals surface area contributed by atoms with Gasteiger partial charge in [-0.05, 0) is 43.9 Å². The van der Waals surface area contributed by atoms with E-state index in [1.165, 1.54) is 4.31 Å². The molecule has 0 aromatic heterocycles. The van der Waals surface area contributed by atoms with Gasteiger partial charge in [0.15, 0.2) is 0 Å². The van der Waals surface area contributed by atoms with Crippen LogP contribution in [0.1, 0.15) is 43.4 Å². The third-order valence-electron chi connectivity index (χ3n) is 6.05. The van der Waals surface area contributed by atoms with Crippen molar-refractivity contribution in [2.45, 2.75) is 49.8 Å². The molecule has 0 unspecified atom stereocenters. The Labute approximate surface area is 149 Å². The van der Waals surface area contributed by atoms with Crippen LogP contribution in [0.15, 0.2) is 59.5 Å². The van der Waals surface area contributed by atoms with Crippen LogP contribution in [0.5, 0.6) is 0 Å². The fourth-order valence-corrected chi connectivity index (χ4v) is 6.25. The Morgan fingerprint density at radius 1 is 1.04 bits per heavy atom. The average Bonchev–Trinajstić information content (AvgIpc) is 2.75. The van der Waals surface area contributed by atoms with E-state index in [1.54, 1.807) is 24.3 Å². The Balaban J connectivity index is 1.85. The maximum absolute atomic E-state index is 13.4. The fraction of sp³-hybridized carbons (Fsp3) is 0.400. The molecule has 1 aliphatic carbocycles. The van der Waals surface area contributed by atoms with Gasteiger partial charge in [0, 0.05) is 5.41 Å². The highest BCUT2D eigenvalue weighted by molar-refractivity contribution is 7.89. The van der Waals surface area contributed by atoms with E-state index >= 15 is 0 Å². The van der Waals surface area contributed by atoms with Crippen molar-refractivity contribution in [3.63, 3.8) is 0 Å². The lowest BCUT2D eigenvalue weighted by Crippen LogP contribution is -2.61. The summed E-state index contributed by atoms with van der Waals surface area (Å²) >= 11 is 0. The third kappa shape index (κ3) is 2.30. The van der Waals surface area contributed by atoms with E-state index < -0.39 is 21.2 Å². The predicted octanol–water partition coefficient (Wildman–Crippen LogP) is 3.62. The number of sulfonamides is 1. The van der Waals surface area contributed by atoms with Crippen molar-refractivity contribution in [1.82, 2.24) is 4.31 Å². The molecule has 5 heteroatoms. The van der Waals surface area contributed by atoms with Crippen molar-refractivity contribution in [1.29, 1.82) is 0 Å². The molecule has 2 fully saturated rings. The van der Waals surface area contributed by atoms with E-state index in [-0.39, 0.29) is 10.9 Å². The van der Waals surface area contributed by atoms with Crippen LogP contribution in [-0.4, -0.2) is 23.6 Å². The van der Waals surface area contributed by atoms with Gasteiger partial charge in [-0.3, -0.25) is 0 Å². The van der Waals surface area contributed by atoms with Gasteiger partial charge in [0.25, 0.3) is 0 Å². The normalized spacial score (nSPS) is 32.2. The van der Waals surface area contributed by atoms with Crippen LogP contribution in [-0.2, 0) is 10.0 Å². The largest absolute Gasteiger partial charge is 0.374 e. The van der Waals surface area contributed by atoms with Crippen molar-refractivity contribution >= 4 is 10.0 Å². The Bertz CT molecular complexity index is 894. The van der Waals surface area contributed by atoms with Gasteiger partial charge < -0.3 is 5.11 Å². The zero-order valence-corrected chi connectivity index (χ0v) is 15.3. The monoisotopic (exact) mass is 357 g/mol. The summed E-state index contributed by atoms with van der Waals surface area (Å²) in [7, 11) is -3.80. The van der Waals surface area contributed by atoms with Crippen LogP contribution in [0, 0.1) is 12.3 Å². The lowest BCUT2D eigenvalue weighted by atomic mass is 9.63. The van der Waals surface area contributed by atoms with Gasteiger partial charge in [-0.2, -0.15) is 4.31 Å². The molecule has 1 aliphatic heterocycles. The Morgan fingerprint density at radius 3 is 2.24 bits per heavy atom. The highest BCUT2D eigenvalue weighted by atomic mass is 32.2. The number of rotatable bonds is 3. The number of nitrogens with zero attached hydrogens (tertiary/aromatic N) is 1. The van der Waals surface area contributed by atoms with Crippen LogP contribution in [0.25, 0.3) is 0 Å². The molecular formula is C20H23NO3S. The van der Waals surface area contributed by atoms with Gasteiger partial charge in [-0.15, -0.1) is 0 Å². The molecule has 4 nitrogen and oxygen atoms in total. The predicted molar refractivity (Wildman–Crippen MR) is 96.3 cm³/mol. The molecule has 1 N–H and O–H groups in total. The molecule has 2 aliphatic rings. The zero-order chi connectivity index (χ0) is 17.9. The summed E-state index contributed by atoms with van der Waals surface area (Å²) in [5.74, 6) is 0. The maximum Gasteiger partial charge on any atom is 0.246 e. The molecule has 0 bridgehead atoms. The number of hydrogen-bond donors (Lipinski definition) is 1. The summed E-state index contributed by atoms with van der Waals surface area (Å²) in [6.45, 7) is 3.92. The van der Waals surface area contributed by atoms with Crippen LogP contribution in [0.3, 0.4) is 0 Å². The fourth-order valence-electron chi connectivity index (χ4n) is 4.30. The summed E-state index contributed by atoms with van der Waals surface area (Å²) in [4.78, 5) is 0.239. The number of hydrogen-bond acceptors (Lipinski definition) is 3. The highest BCUT2D eigenvalue weighted by Gasteiger charge is 2.69. The molecule has 1 saturated heterocycles. The molecule has 2 aromatic carbocycles. The minimum absolute atomic E-state index is 0.239. The van der Waals surface area contributed by atoms with Gasteiger partial charge in [0.2, 0.25) is 10.0 Å². The standard InChI is InChI=1S/C20H23NO3S/c1-15-8-10-17(11-9-15)25(23,24)21-18(16-6-4-3-5-7-16)14-19(2)12-13-20(19,21)22/h3-11,18,22H,12-14H2,1-2H3/t18-,19+,20-/m1/s1. The lowest BCUT2D eigenvalue weighted by Gasteiger charge is -2.52. The summed E-state index contributed by atoms with van der Waals surface area (Å²) in [6, 6.07) is 16.1. The summed E-state index contributed by atoms with van der Waals surface area (Å²) < 4.78 is 28.2. The first-order valence-electron chi connectivity index (χ1n) is 8.67. The first-order chi connectivity index (χ1) is 11.8. The van der Waals surface area contributed by atoms with Crippen molar-refractivity contribution in [3.8, 4) is 0 Å². The van der Waals surface area contributed by atoms with Crippen molar-refractivity contribution < 1.29 is 13.5 Å². The maximum atomic E-state index is 13.4. The van der Waals surface area contributed by atoms with Crippen molar-refractivity contribution in [3.05, 3.63) is 65.7 Å². The number of benzene rings is 2. The third-order valence-corrected chi connectivity index (χ3v) is 7.99. The van der Waals surface area contributed by atoms with Gasteiger partial charge in [0.1, 0.15) is 5.72 Å². The Morgan fingerprint density at radius 2 is 1.68 bits per heavy atom. The minimum atomic E-state index is -3.80. The van der Waals surface area contributed by atoms with Gasteiger partial charge >= 0.3 is 0 Å². The van der Waals surface area contributed by atoms with Gasteiger partial charge in [-0.25, -0.2) is 8.42 Å². The number of aliphatic hydroxyl groups is 1. The van der Waals surface area contributed by atoms with E-state index in [0.717, 1.165) is 17.5 Å². The quantitative estimate of drug-likeness (QED) is 0.913. The van der Waals surface area contributed by atoms with E-state index in [9.17, 15) is 13.5 Å². The molecule has 3 atom stereocenters. The zero-order valence-electron chi connectivity index (χ0n) is 14.5. The molecule has 25 heavy (non-hydrogen) atoms. The molecule has 1 saturated carbocycles. The molecule has 1 heterocycles. The molecule has 0 spiro atoms. The SMILES string of the molecule is Cc1ccc(S(=O)(=O)N2[C@@H](c3ccccc3)C[C@]3(C)CC[C@]23O)cc1. The second-order valence-electron chi connectivity index (χ2n) is 7.62. The van der Waals surface area contributed by atoms with Crippen molar-refractivity contribution in [2.75, 3.05) is 0 Å². The van der Waals surface area contributed by atoms with E-state index in [2.05, 4.69) is 0 Å². The molecule has 132 valence electrons. The first kappa shape index (κ1) is 16.8. The first-order valence-corrected chi connectivity index (χ1v) is 10.1. The van der Waals surface area contributed by atoms with Crippen LogP contribution in [0.2, 0.25) is 0 Å². The molecule has 0 radical (unpaired) electrons.